The zero-order valence-electron chi connectivity index (χ0n) is 14.5. The van der Waals surface area contributed by atoms with Gasteiger partial charge in [0, 0.05) is 41.7 Å². The molecule has 0 radical (unpaired) electrons. The summed E-state index contributed by atoms with van der Waals surface area (Å²) in [6.45, 7) is 2.10. The summed E-state index contributed by atoms with van der Waals surface area (Å²) in [7, 11) is 1.98. The lowest BCUT2D eigenvalue weighted by atomic mass is 10.1. The second-order valence-electron chi connectivity index (χ2n) is 5.91. The number of hydrogen-bond donors (Lipinski definition) is 0. The molecule has 3 heterocycles. The largest absolute Gasteiger partial charge is 0.305 e. The van der Waals surface area contributed by atoms with Gasteiger partial charge in [0.1, 0.15) is 5.01 Å². The lowest BCUT2D eigenvalue weighted by Gasteiger charge is -2.02. The number of thioether (sulfide) groups is 1. The first-order valence-electron chi connectivity index (χ1n) is 8.15. The average Bonchev–Trinajstić information content (AvgIpc) is 3.28. The van der Waals surface area contributed by atoms with Crippen LogP contribution < -0.4 is 0 Å². The van der Waals surface area contributed by atoms with Gasteiger partial charge < -0.3 is 4.57 Å². The van der Waals surface area contributed by atoms with Crippen LogP contribution in [0.15, 0.2) is 59.3 Å². The van der Waals surface area contributed by atoms with Crippen LogP contribution in [0.2, 0.25) is 0 Å². The van der Waals surface area contributed by atoms with E-state index in [0.717, 1.165) is 33.0 Å². The zero-order valence-corrected chi connectivity index (χ0v) is 16.1. The molecule has 0 fully saturated rings. The minimum absolute atomic E-state index is 0.765. The molecule has 0 unspecified atom stereocenters. The van der Waals surface area contributed by atoms with Crippen molar-refractivity contribution in [1.82, 2.24) is 24.7 Å². The van der Waals surface area contributed by atoms with Gasteiger partial charge in [-0.1, -0.05) is 35.5 Å². The molecule has 0 aliphatic carbocycles. The molecule has 0 amide bonds. The van der Waals surface area contributed by atoms with E-state index in [-0.39, 0.29) is 0 Å². The minimum atomic E-state index is 0.765. The molecule has 0 atom stereocenters. The van der Waals surface area contributed by atoms with E-state index in [1.54, 1.807) is 35.5 Å². The molecule has 26 heavy (non-hydrogen) atoms. The Hall–Kier alpha value is -2.51. The predicted octanol–water partition coefficient (Wildman–Crippen LogP) is 4.60. The first-order chi connectivity index (χ1) is 12.7. The van der Waals surface area contributed by atoms with Gasteiger partial charge in [0.25, 0.3) is 0 Å². The van der Waals surface area contributed by atoms with Gasteiger partial charge in [-0.05, 0) is 25.1 Å². The maximum Gasteiger partial charge on any atom is 0.191 e. The van der Waals surface area contributed by atoms with Crippen LogP contribution in [0.5, 0.6) is 0 Å². The molecule has 0 aliphatic rings. The second-order valence-corrected chi connectivity index (χ2v) is 7.71. The molecule has 0 bridgehead atoms. The van der Waals surface area contributed by atoms with Gasteiger partial charge >= 0.3 is 0 Å². The number of hydrogen-bond acceptors (Lipinski definition) is 6. The lowest BCUT2D eigenvalue weighted by Crippen LogP contribution is -1.95. The quantitative estimate of drug-likeness (QED) is 0.474. The molecule has 3 aromatic heterocycles. The van der Waals surface area contributed by atoms with Crippen LogP contribution in [-0.2, 0) is 12.8 Å². The number of aromatic nitrogens is 5. The van der Waals surface area contributed by atoms with Crippen molar-refractivity contribution < 1.29 is 0 Å². The molecule has 7 heteroatoms. The molecule has 0 saturated heterocycles. The number of benzene rings is 1. The summed E-state index contributed by atoms with van der Waals surface area (Å²) >= 11 is 3.32. The Morgan fingerprint density at radius 2 is 2.00 bits per heavy atom. The summed E-state index contributed by atoms with van der Waals surface area (Å²) < 4.78 is 2.00. The van der Waals surface area contributed by atoms with Gasteiger partial charge in [0.15, 0.2) is 11.0 Å². The van der Waals surface area contributed by atoms with Crippen molar-refractivity contribution in [3.05, 3.63) is 65.4 Å². The summed E-state index contributed by atoms with van der Waals surface area (Å²) in [6.07, 6.45) is 3.55. The Morgan fingerprint density at radius 3 is 2.81 bits per heavy atom. The normalized spacial score (nSPS) is 11.0. The van der Waals surface area contributed by atoms with Gasteiger partial charge in [-0.3, -0.25) is 4.98 Å². The van der Waals surface area contributed by atoms with Crippen LogP contribution in [0.25, 0.3) is 22.0 Å². The Labute approximate surface area is 160 Å². The third-order valence-corrected chi connectivity index (χ3v) is 5.91. The number of thiazole rings is 1. The second kappa shape index (κ2) is 7.39. The maximum atomic E-state index is 4.76. The highest BCUT2D eigenvalue weighted by Gasteiger charge is 2.12. The monoisotopic (exact) mass is 379 g/mol. The van der Waals surface area contributed by atoms with Crippen LogP contribution in [0, 0.1) is 6.92 Å². The van der Waals surface area contributed by atoms with E-state index in [4.69, 9.17) is 4.98 Å². The molecular weight excluding hydrogens is 362 g/mol. The van der Waals surface area contributed by atoms with E-state index in [1.165, 1.54) is 11.1 Å². The highest BCUT2D eigenvalue weighted by atomic mass is 32.2. The molecule has 4 aromatic rings. The van der Waals surface area contributed by atoms with Crippen molar-refractivity contribution in [1.29, 1.82) is 0 Å². The average molecular weight is 380 g/mol. The van der Waals surface area contributed by atoms with Gasteiger partial charge in [0.2, 0.25) is 0 Å². The first kappa shape index (κ1) is 16.9. The van der Waals surface area contributed by atoms with Gasteiger partial charge in [-0.15, -0.1) is 21.5 Å². The van der Waals surface area contributed by atoms with Crippen LogP contribution in [0.3, 0.4) is 0 Å². The third kappa shape index (κ3) is 3.54. The van der Waals surface area contributed by atoms with Crippen LogP contribution in [-0.4, -0.2) is 24.7 Å². The molecule has 5 nitrogen and oxygen atoms in total. The van der Waals surface area contributed by atoms with Crippen molar-refractivity contribution >= 4 is 23.1 Å². The van der Waals surface area contributed by atoms with Crippen molar-refractivity contribution in [2.24, 2.45) is 7.05 Å². The van der Waals surface area contributed by atoms with E-state index in [0.29, 0.717) is 0 Å². The standard InChI is InChI=1S/C19H17N5S2/c1-13-5-3-6-14(9-13)18-21-16(11-25-18)12-26-19-23-22-17(24(19)2)15-7-4-8-20-10-15/h3-11H,12H2,1-2H3. The Balaban J connectivity index is 1.48. The fraction of sp³-hybridized carbons (Fsp3) is 0.158. The Morgan fingerprint density at radius 1 is 1.12 bits per heavy atom. The van der Waals surface area contributed by atoms with Crippen molar-refractivity contribution in [2.75, 3.05) is 0 Å². The molecule has 0 N–H and O–H groups in total. The fourth-order valence-corrected chi connectivity index (χ4v) is 4.34. The fourth-order valence-electron chi connectivity index (χ4n) is 2.61. The summed E-state index contributed by atoms with van der Waals surface area (Å²) in [5.74, 6) is 1.58. The SMILES string of the molecule is Cc1cccc(-c2nc(CSc3nnc(-c4cccnc4)n3C)cs2)c1. The van der Waals surface area contributed by atoms with Gasteiger partial charge in [-0.2, -0.15) is 0 Å². The van der Waals surface area contributed by atoms with Crippen molar-refractivity contribution in [2.45, 2.75) is 17.8 Å². The van der Waals surface area contributed by atoms with E-state index >= 15 is 0 Å². The highest BCUT2D eigenvalue weighted by Crippen LogP contribution is 2.28. The van der Waals surface area contributed by atoms with Gasteiger partial charge in [0.05, 0.1) is 5.69 Å². The van der Waals surface area contributed by atoms with Crippen molar-refractivity contribution in [3.63, 3.8) is 0 Å². The molecule has 0 spiro atoms. The van der Waals surface area contributed by atoms with Crippen molar-refractivity contribution in [3.8, 4) is 22.0 Å². The topological polar surface area (TPSA) is 56.5 Å². The lowest BCUT2D eigenvalue weighted by molar-refractivity contribution is 0.793. The predicted molar refractivity (Wildman–Crippen MR) is 106 cm³/mol. The summed E-state index contributed by atoms with van der Waals surface area (Å²) in [4.78, 5) is 8.91. The third-order valence-electron chi connectivity index (χ3n) is 3.92. The molecule has 130 valence electrons. The Bertz CT molecular complexity index is 1020. The molecule has 1 aromatic carbocycles. The molecule has 0 aliphatic heterocycles. The first-order valence-corrected chi connectivity index (χ1v) is 10.0. The molecule has 0 saturated carbocycles. The van der Waals surface area contributed by atoms with E-state index in [2.05, 4.69) is 51.8 Å². The number of pyridine rings is 1. The zero-order chi connectivity index (χ0) is 17.9. The molecule has 4 rings (SSSR count). The number of nitrogens with zero attached hydrogens (tertiary/aromatic N) is 5. The van der Waals surface area contributed by atoms with E-state index in [1.807, 2.05) is 23.7 Å². The summed E-state index contributed by atoms with van der Waals surface area (Å²) in [5, 5.41) is 12.6. The number of rotatable bonds is 5. The summed E-state index contributed by atoms with van der Waals surface area (Å²) in [5.41, 5.74) is 4.44. The van der Waals surface area contributed by atoms with E-state index in [9.17, 15) is 0 Å². The van der Waals surface area contributed by atoms with Crippen LogP contribution in [0.4, 0.5) is 0 Å². The molecular formula is C19H17N5S2. The number of aryl methyl sites for hydroxylation is 1. The van der Waals surface area contributed by atoms with Crippen LogP contribution in [0.1, 0.15) is 11.3 Å². The van der Waals surface area contributed by atoms with E-state index < -0.39 is 0 Å². The van der Waals surface area contributed by atoms with Crippen LogP contribution >= 0.6 is 23.1 Å². The minimum Gasteiger partial charge on any atom is -0.305 e. The Kier molecular flexibility index (Phi) is 4.81. The summed E-state index contributed by atoms with van der Waals surface area (Å²) in [6, 6.07) is 12.3. The maximum absolute atomic E-state index is 4.76. The highest BCUT2D eigenvalue weighted by molar-refractivity contribution is 7.98. The smallest absolute Gasteiger partial charge is 0.191 e. The van der Waals surface area contributed by atoms with Gasteiger partial charge in [-0.25, -0.2) is 4.98 Å².